The first-order valence-corrected chi connectivity index (χ1v) is 9.42. The highest BCUT2D eigenvalue weighted by molar-refractivity contribution is 7.89. The fourth-order valence-corrected chi connectivity index (χ4v) is 3.18. The van der Waals surface area contributed by atoms with Crippen molar-refractivity contribution in [2.45, 2.75) is 40.2 Å². The molecule has 7 heteroatoms. The Kier molecular flexibility index (Phi) is 7.51. The first kappa shape index (κ1) is 19.4. The molecule has 0 radical (unpaired) electrons. The number of amides is 1. The van der Waals surface area contributed by atoms with Gasteiger partial charge >= 0.3 is 0 Å². The molecule has 0 aliphatic carbocycles. The summed E-state index contributed by atoms with van der Waals surface area (Å²) in [6, 6.07) is 7.18. The highest BCUT2D eigenvalue weighted by Gasteiger charge is 2.14. The van der Waals surface area contributed by atoms with E-state index in [-0.39, 0.29) is 30.9 Å². The number of sulfonamides is 1. The summed E-state index contributed by atoms with van der Waals surface area (Å²) in [6.07, 6.45) is 0.640. The van der Waals surface area contributed by atoms with E-state index in [9.17, 15) is 13.2 Å². The van der Waals surface area contributed by atoms with Crippen molar-refractivity contribution < 1.29 is 17.9 Å². The molecule has 1 N–H and O–H groups in total. The average molecular weight is 342 g/mol. The van der Waals surface area contributed by atoms with Crippen LogP contribution < -0.4 is 14.4 Å². The lowest BCUT2D eigenvalue weighted by Gasteiger charge is -2.22. The normalized spacial score (nSPS) is 11.5. The predicted molar refractivity (Wildman–Crippen MR) is 92.3 cm³/mol. The van der Waals surface area contributed by atoms with Crippen LogP contribution in [0.15, 0.2) is 24.3 Å². The van der Waals surface area contributed by atoms with Gasteiger partial charge in [0.05, 0.1) is 11.9 Å². The molecule has 0 saturated carbocycles. The van der Waals surface area contributed by atoms with E-state index in [1.165, 1.54) is 11.8 Å². The summed E-state index contributed by atoms with van der Waals surface area (Å²) >= 11 is 0. The van der Waals surface area contributed by atoms with Gasteiger partial charge in [0.25, 0.3) is 0 Å². The van der Waals surface area contributed by atoms with E-state index in [1.54, 1.807) is 24.3 Å². The van der Waals surface area contributed by atoms with Gasteiger partial charge in [-0.15, -0.1) is 0 Å². The molecule has 130 valence electrons. The summed E-state index contributed by atoms with van der Waals surface area (Å²) in [5.41, 5.74) is 0.711. The van der Waals surface area contributed by atoms with Crippen molar-refractivity contribution in [2.24, 2.45) is 0 Å². The third kappa shape index (κ3) is 7.00. The van der Waals surface area contributed by atoms with Crippen LogP contribution in [0.4, 0.5) is 5.69 Å². The highest BCUT2D eigenvalue weighted by Crippen LogP contribution is 2.20. The number of carbonyl (C=O) groups is 1. The Morgan fingerprint density at radius 3 is 2.35 bits per heavy atom. The molecule has 0 fully saturated rings. The Morgan fingerprint density at radius 2 is 1.87 bits per heavy atom. The summed E-state index contributed by atoms with van der Waals surface area (Å²) in [5.74, 6) is 0.682. The van der Waals surface area contributed by atoms with Crippen molar-refractivity contribution in [2.75, 3.05) is 23.7 Å². The Balaban J connectivity index is 2.70. The van der Waals surface area contributed by atoms with E-state index in [0.29, 0.717) is 12.1 Å². The van der Waals surface area contributed by atoms with E-state index >= 15 is 0 Å². The van der Waals surface area contributed by atoms with Gasteiger partial charge in [-0.2, -0.15) is 0 Å². The van der Waals surface area contributed by atoms with E-state index in [4.69, 9.17) is 4.74 Å². The molecule has 0 unspecified atom stereocenters. The molecule has 6 nitrogen and oxygen atoms in total. The van der Waals surface area contributed by atoms with Crippen molar-refractivity contribution in [3.63, 3.8) is 0 Å². The molecule has 0 aromatic heterocycles. The van der Waals surface area contributed by atoms with Gasteiger partial charge < -0.3 is 9.64 Å². The van der Waals surface area contributed by atoms with Gasteiger partial charge in [-0.3, -0.25) is 4.79 Å². The lowest BCUT2D eigenvalue weighted by Crippen LogP contribution is -2.38. The maximum atomic E-state index is 11.8. The number of benzene rings is 1. The molecular weight excluding hydrogens is 316 g/mol. The largest absolute Gasteiger partial charge is 0.491 e. The Labute approximate surface area is 138 Å². The van der Waals surface area contributed by atoms with Gasteiger partial charge in [0, 0.05) is 25.7 Å². The maximum absolute atomic E-state index is 11.8. The number of hydrogen-bond donors (Lipinski definition) is 1. The predicted octanol–water partition coefficient (Wildman–Crippen LogP) is 2.16. The van der Waals surface area contributed by atoms with Crippen LogP contribution in [0.25, 0.3) is 0 Å². The van der Waals surface area contributed by atoms with Crippen LogP contribution in [0.1, 0.15) is 34.1 Å². The maximum Gasteiger partial charge on any atom is 0.223 e. The number of anilines is 1. The van der Waals surface area contributed by atoms with Crippen molar-refractivity contribution in [3.8, 4) is 5.75 Å². The van der Waals surface area contributed by atoms with E-state index < -0.39 is 10.0 Å². The van der Waals surface area contributed by atoms with Crippen molar-refractivity contribution >= 4 is 21.6 Å². The summed E-state index contributed by atoms with van der Waals surface area (Å²) in [6.45, 7) is 7.62. The monoisotopic (exact) mass is 342 g/mol. The summed E-state index contributed by atoms with van der Waals surface area (Å²) < 4.78 is 31.3. The molecule has 1 aromatic rings. The molecule has 0 atom stereocenters. The lowest BCUT2D eigenvalue weighted by molar-refractivity contribution is -0.116. The smallest absolute Gasteiger partial charge is 0.223 e. The minimum Gasteiger partial charge on any atom is -0.491 e. The minimum absolute atomic E-state index is 0.0812. The lowest BCUT2D eigenvalue weighted by atomic mass is 10.2. The third-order valence-corrected chi connectivity index (χ3v) is 4.62. The summed E-state index contributed by atoms with van der Waals surface area (Å²) in [7, 11) is -3.26. The van der Waals surface area contributed by atoms with Gasteiger partial charge in [-0.1, -0.05) is 6.92 Å². The fraction of sp³-hybridized carbons (Fsp3) is 0.562. The molecular formula is C16H26N2O4S. The zero-order chi connectivity index (χ0) is 17.5. The number of nitrogens with one attached hydrogen (secondary N) is 1. The molecule has 23 heavy (non-hydrogen) atoms. The van der Waals surface area contributed by atoms with Crippen LogP contribution in [0, 0.1) is 0 Å². The van der Waals surface area contributed by atoms with Gasteiger partial charge in [0.1, 0.15) is 5.75 Å². The van der Waals surface area contributed by atoms with Gasteiger partial charge in [-0.05, 0) is 44.5 Å². The second kappa shape index (κ2) is 8.88. The van der Waals surface area contributed by atoms with Crippen LogP contribution in [0.2, 0.25) is 0 Å². The zero-order valence-corrected chi connectivity index (χ0v) is 15.0. The third-order valence-electron chi connectivity index (χ3n) is 3.03. The molecule has 0 spiro atoms. The number of nitrogens with zero attached hydrogens (tertiary/aromatic N) is 1. The number of carbonyl (C=O) groups excluding carboxylic acids is 1. The fourth-order valence-electron chi connectivity index (χ4n) is 2.10. The quantitative estimate of drug-likeness (QED) is 0.746. The first-order valence-electron chi connectivity index (χ1n) is 7.77. The van der Waals surface area contributed by atoms with Gasteiger partial charge in [0.2, 0.25) is 15.9 Å². The minimum atomic E-state index is -3.26. The molecule has 0 aliphatic rings. The first-order chi connectivity index (χ1) is 10.7. The van der Waals surface area contributed by atoms with Crippen LogP contribution in [0.5, 0.6) is 5.75 Å². The second-order valence-electron chi connectivity index (χ2n) is 5.54. The van der Waals surface area contributed by atoms with E-state index in [0.717, 1.165) is 5.75 Å². The number of hydrogen-bond acceptors (Lipinski definition) is 4. The molecule has 0 saturated heterocycles. The zero-order valence-electron chi connectivity index (χ0n) is 14.2. The number of rotatable bonds is 9. The van der Waals surface area contributed by atoms with Crippen LogP contribution in [-0.2, 0) is 14.8 Å². The molecule has 0 heterocycles. The van der Waals surface area contributed by atoms with Crippen LogP contribution >= 0.6 is 0 Å². The van der Waals surface area contributed by atoms with E-state index in [1.807, 2.05) is 20.8 Å². The van der Waals surface area contributed by atoms with Crippen LogP contribution in [-0.4, -0.2) is 39.3 Å². The standard InChI is InChI=1S/C16H26N2O4S/c1-5-12-23(20,21)17-10-11-18(14(4)19)15-6-8-16(9-7-15)22-13(2)3/h6-9,13,17H,5,10-12H2,1-4H3. The Morgan fingerprint density at radius 1 is 1.26 bits per heavy atom. The SMILES string of the molecule is CCCS(=O)(=O)NCCN(C(C)=O)c1ccc(OC(C)C)cc1. The molecule has 0 aliphatic heterocycles. The van der Waals surface area contributed by atoms with Crippen molar-refractivity contribution in [3.05, 3.63) is 24.3 Å². The average Bonchev–Trinajstić information content (AvgIpc) is 2.43. The van der Waals surface area contributed by atoms with Gasteiger partial charge in [0.15, 0.2) is 0 Å². The number of ether oxygens (including phenoxy) is 1. The van der Waals surface area contributed by atoms with Gasteiger partial charge in [-0.25, -0.2) is 13.1 Å². The highest BCUT2D eigenvalue weighted by atomic mass is 32.2. The second-order valence-corrected chi connectivity index (χ2v) is 7.47. The molecule has 0 bridgehead atoms. The summed E-state index contributed by atoms with van der Waals surface area (Å²) in [5, 5.41) is 0. The van der Waals surface area contributed by atoms with Crippen molar-refractivity contribution in [1.29, 1.82) is 0 Å². The Bertz CT molecular complexity index is 597. The molecule has 1 rings (SSSR count). The van der Waals surface area contributed by atoms with Crippen molar-refractivity contribution in [1.82, 2.24) is 4.72 Å². The van der Waals surface area contributed by atoms with Crippen LogP contribution in [0.3, 0.4) is 0 Å². The Hall–Kier alpha value is -1.60. The molecule has 1 amide bonds. The van der Waals surface area contributed by atoms with E-state index in [2.05, 4.69) is 4.72 Å². The summed E-state index contributed by atoms with van der Waals surface area (Å²) in [4.78, 5) is 13.3. The topological polar surface area (TPSA) is 75.7 Å². The molecule has 1 aromatic carbocycles.